The molecular formula is C28H37N5O3S. The van der Waals surface area contributed by atoms with E-state index in [4.69, 9.17) is 17.0 Å². The third kappa shape index (κ3) is 6.85. The summed E-state index contributed by atoms with van der Waals surface area (Å²) in [5.41, 5.74) is 2.51. The van der Waals surface area contributed by atoms with E-state index in [2.05, 4.69) is 29.1 Å². The number of thiocarbonyl (C=S) groups is 1. The molecule has 2 saturated heterocycles. The first-order valence-corrected chi connectivity index (χ1v) is 13.4. The molecule has 2 heterocycles. The first-order valence-electron chi connectivity index (χ1n) is 13.0. The number of nitrogens with zero attached hydrogens (tertiary/aromatic N) is 4. The van der Waals surface area contributed by atoms with Gasteiger partial charge in [0.25, 0.3) is 5.91 Å². The molecule has 0 aromatic heterocycles. The summed E-state index contributed by atoms with van der Waals surface area (Å²) in [7, 11) is 2.13. The maximum absolute atomic E-state index is 13.6. The van der Waals surface area contributed by atoms with Gasteiger partial charge in [0.15, 0.2) is 5.11 Å². The minimum atomic E-state index is -0.645. The van der Waals surface area contributed by atoms with Gasteiger partial charge in [-0.2, -0.15) is 0 Å². The molecule has 37 heavy (non-hydrogen) atoms. The second-order valence-electron chi connectivity index (χ2n) is 9.77. The van der Waals surface area contributed by atoms with Crippen LogP contribution in [0.1, 0.15) is 25.3 Å². The summed E-state index contributed by atoms with van der Waals surface area (Å²) >= 11 is 5.81. The quantitative estimate of drug-likeness (QED) is 0.479. The highest BCUT2D eigenvalue weighted by Crippen LogP contribution is 2.28. The van der Waals surface area contributed by atoms with Gasteiger partial charge >= 0.3 is 0 Å². The van der Waals surface area contributed by atoms with Crippen LogP contribution < -0.4 is 15.0 Å². The van der Waals surface area contributed by atoms with Crippen LogP contribution >= 0.6 is 12.2 Å². The minimum absolute atomic E-state index is 0.0260. The van der Waals surface area contributed by atoms with Crippen molar-refractivity contribution in [2.24, 2.45) is 0 Å². The Morgan fingerprint density at radius 1 is 1.03 bits per heavy atom. The fraction of sp³-hybridized carbons (Fsp3) is 0.464. The minimum Gasteiger partial charge on any atom is -0.494 e. The summed E-state index contributed by atoms with van der Waals surface area (Å²) < 4.78 is 5.62. The molecule has 0 spiro atoms. The van der Waals surface area contributed by atoms with Crippen LogP contribution in [0.25, 0.3) is 0 Å². The third-order valence-corrected chi connectivity index (χ3v) is 7.27. The van der Waals surface area contributed by atoms with Gasteiger partial charge in [-0.15, -0.1) is 0 Å². The van der Waals surface area contributed by atoms with E-state index in [1.807, 2.05) is 60.4 Å². The number of ether oxygens (including phenoxy) is 1. The molecule has 198 valence electrons. The van der Waals surface area contributed by atoms with Crippen LogP contribution in [0.5, 0.6) is 5.75 Å². The van der Waals surface area contributed by atoms with Crippen molar-refractivity contribution in [1.29, 1.82) is 0 Å². The van der Waals surface area contributed by atoms with Gasteiger partial charge in [0.1, 0.15) is 11.8 Å². The molecule has 2 aromatic rings. The number of hydrogen-bond donors (Lipinski definition) is 1. The van der Waals surface area contributed by atoms with Crippen molar-refractivity contribution in [3.05, 3.63) is 54.1 Å². The molecule has 1 N–H and O–H groups in total. The lowest BCUT2D eigenvalue weighted by Gasteiger charge is -2.34. The number of amides is 2. The maximum Gasteiger partial charge on any atom is 0.256 e. The molecule has 1 atom stereocenters. The van der Waals surface area contributed by atoms with Crippen LogP contribution in [0.2, 0.25) is 0 Å². The number of likely N-dealkylation sites (N-methyl/N-ethyl adjacent to an activating group) is 1. The van der Waals surface area contributed by atoms with Crippen molar-refractivity contribution in [3.63, 3.8) is 0 Å². The summed E-state index contributed by atoms with van der Waals surface area (Å²) in [6.07, 6.45) is 0.957. The Labute approximate surface area is 225 Å². The van der Waals surface area contributed by atoms with Crippen LogP contribution in [0, 0.1) is 6.92 Å². The number of piperazine rings is 1. The second kappa shape index (κ2) is 12.5. The Bertz CT molecular complexity index is 1080. The van der Waals surface area contributed by atoms with Crippen LogP contribution in [0.4, 0.5) is 11.4 Å². The van der Waals surface area contributed by atoms with Crippen molar-refractivity contribution in [3.8, 4) is 5.75 Å². The third-order valence-electron chi connectivity index (χ3n) is 6.85. The van der Waals surface area contributed by atoms with Gasteiger partial charge in [-0.1, -0.05) is 24.6 Å². The number of hydrogen-bond acceptors (Lipinski definition) is 6. The van der Waals surface area contributed by atoms with Gasteiger partial charge in [0.2, 0.25) is 5.91 Å². The summed E-state index contributed by atoms with van der Waals surface area (Å²) in [5, 5.41) is 3.39. The van der Waals surface area contributed by atoms with Crippen LogP contribution in [0.3, 0.4) is 0 Å². The van der Waals surface area contributed by atoms with E-state index >= 15 is 0 Å². The molecule has 8 nitrogen and oxygen atoms in total. The molecule has 2 aliphatic rings. The summed E-state index contributed by atoms with van der Waals surface area (Å²) in [6.45, 7) is 10.1. The SMILES string of the molecule is CCCOc1ccc(NC(=O)C[C@H]2C(=O)N(c3ccc(C)cc3)C(=S)N2CCN2CCN(C)CC2)cc1. The molecule has 0 saturated carbocycles. The Hall–Kier alpha value is -3.01. The lowest BCUT2D eigenvalue weighted by Crippen LogP contribution is -2.48. The van der Waals surface area contributed by atoms with Gasteiger partial charge in [-0.3, -0.25) is 19.4 Å². The molecule has 2 aromatic carbocycles. The fourth-order valence-electron chi connectivity index (χ4n) is 4.58. The molecule has 0 aliphatic carbocycles. The van der Waals surface area contributed by atoms with E-state index in [1.54, 1.807) is 4.90 Å². The van der Waals surface area contributed by atoms with Crippen LogP contribution in [-0.2, 0) is 9.59 Å². The average molecular weight is 524 g/mol. The topological polar surface area (TPSA) is 68.4 Å². The number of anilines is 2. The summed E-state index contributed by atoms with van der Waals surface area (Å²) in [5.74, 6) is 0.379. The second-order valence-corrected chi connectivity index (χ2v) is 10.1. The predicted octanol–water partition coefficient (Wildman–Crippen LogP) is 3.36. The zero-order chi connectivity index (χ0) is 26.4. The summed E-state index contributed by atoms with van der Waals surface area (Å²) in [6, 6.07) is 14.4. The first-order chi connectivity index (χ1) is 17.9. The average Bonchev–Trinajstić information content (AvgIpc) is 3.12. The van der Waals surface area contributed by atoms with Gasteiger partial charge in [0.05, 0.1) is 18.7 Å². The molecule has 4 rings (SSSR count). The van der Waals surface area contributed by atoms with Crippen LogP contribution in [0.15, 0.2) is 48.5 Å². The van der Waals surface area contributed by atoms with E-state index in [9.17, 15) is 9.59 Å². The smallest absolute Gasteiger partial charge is 0.256 e. The number of rotatable bonds is 10. The highest BCUT2D eigenvalue weighted by Gasteiger charge is 2.44. The Balaban J connectivity index is 1.46. The number of carbonyl (C=O) groups excluding carboxylic acids is 2. The van der Waals surface area contributed by atoms with E-state index in [-0.39, 0.29) is 18.2 Å². The van der Waals surface area contributed by atoms with Crippen molar-refractivity contribution in [2.75, 3.05) is 63.1 Å². The lowest BCUT2D eigenvalue weighted by molar-refractivity contribution is -0.124. The van der Waals surface area contributed by atoms with Crippen molar-refractivity contribution in [1.82, 2.24) is 14.7 Å². The molecule has 0 bridgehead atoms. The normalized spacial score (nSPS) is 18.9. The van der Waals surface area contributed by atoms with E-state index in [0.717, 1.165) is 56.1 Å². The highest BCUT2D eigenvalue weighted by atomic mass is 32.1. The summed E-state index contributed by atoms with van der Waals surface area (Å²) in [4.78, 5) is 34.9. The molecular weight excluding hydrogens is 486 g/mol. The first kappa shape index (κ1) is 27.0. The van der Waals surface area contributed by atoms with E-state index in [0.29, 0.717) is 24.0 Å². The van der Waals surface area contributed by atoms with Gasteiger partial charge < -0.3 is 19.9 Å². The van der Waals surface area contributed by atoms with Crippen molar-refractivity contribution in [2.45, 2.75) is 32.7 Å². The van der Waals surface area contributed by atoms with Crippen molar-refractivity contribution >= 4 is 40.5 Å². The van der Waals surface area contributed by atoms with Gasteiger partial charge in [-0.05, 0) is 69.0 Å². The monoisotopic (exact) mass is 523 g/mol. The number of carbonyl (C=O) groups is 2. The molecule has 9 heteroatoms. The predicted molar refractivity (Wildman–Crippen MR) is 151 cm³/mol. The molecule has 2 fully saturated rings. The fourth-order valence-corrected chi connectivity index (χ4v) is 5.00. The molecule has 2 aliphatic heterocycles. The Morgan fingerprint density at radius 2 is 1.70 bits per heavy atom. The van der Waals surface area contributed by atoms with Gasteiger partial charge in [0, 0.05) is 45.0 Å². The van der Waals surface area contributed by atoms with E-state index in [1.165, 1.54) is 0 Å². The van der Waals surface area contributed by atoms with Crippen LogP contribution in [-0.4, -0.2) is 90.6 Å². The lowest BCUT2D eigenvalue weighted by atomic mass is 10.1. The highest BCUT2D eigenvalue weighted by molar-refractivity contribution is 7.80. The number of aryl methyl sites for hydroxylation is 1. The Morgan fingerprint density at radius 3 is 2.35 bits per heavy atom. The number of nitrogens with one attached hydrogen (secondary N) is 1. The van der Waals surface area contributed by atoms with E-state index < -0.39 is 6.04 Å². The number of benzene rings is 2. The molecule has 0 radical (unpaired) electrons. The standard InChI is InChI=1S/C28H37N5O3S/c1-4-19-36-24-11-7-22(8-12-24)29-26(34)20-25-27(35)33(23-9-5-21(2)6-10-23)28(37)32(25)18-17-31-15-13-30(3)14-16-31/h5-12,25H,4,13-20H2,1-3H3,(H,29,34)/t25-/m0/s1. The van der Waals surface area contributed by atoms with Crippen molar-refractivity contribution < 1.29 is 14.3 Å². The Kier molecular flexibility index (Phi) is 9.13. The zero-order valence-electron chi connectivity index (χ0n) is 22.0. The maximum atomic E-state index is 13.6. The van der Waals surface area contributed by atoms with Gasteiger partial charge in [-0.25, -0.2) is 0 Å². The molecule has 2 amide bonds. The largest absolute Gasteiger partial charge is 0.494 e. The molecule has 0 unspecified atom stereocenters. The zero-order valence-corrected chi connectivity index (χ0v) is 22.8.